The number of fused-ring (bicyclic) bond motifs is 12. The van der Waals surface area contributed by atoms with Crippen LogP contribution in [0, 0.1) is 0 Å². The summed E-state index contributed by atoms with van der Waals surface area (Å²) in [4.78, 5) is 2.45. The molecule has 2 aliphatic carbocycles. The Balaban J connectivity index is 1.07. The van der Waals surface area contributed by atoms with Crippen LogP contribution in [0.2, 0.25) is 0 Å². The molecule has 0 amide bonds. The minimum Gasteiger partial charge on any atom is -0.457 e. The molecule has 0 saturated carbocycles. The number of nitrogens with zero attached hydrogens (tertiary/aromatic N) is 1. The number of hydrogen-bond acceptors (Lipinski definition) is 2. The van der Waals surface area contributed by atoms with Gasteiger partial charge in [0.2, 0.25) is 0 Å². The lowest BCUT2D eigenvalue weighted by Gasteiger charge is -2.39. The summed E-state index contributed by atoms with van der Waals surface area (Å²) in [5.74, 6) is 1.78. The van der Waals surface area contributed by atoms with Crippen molar-refractivity contribution in [2.24, 2.45) is 0 Å². The molecule has 1 spiro atoms. The first-order valence-electron chi connectivity index (χ1n) is 20.9. The van der Waals surface area contributed by atoms with Crippen LogP contribution >= 0.6 is 0 Å². The molecule has 0 fully saturated rings. The van der Waals surface area contributed by atoms with Crippen LogP contribution in [-0.2, 0) is 10.8 Å². The summed E-state index contributed by atoms with van der Waals surface area (Å²) >= 11 is 0. The Morgan fingerprint density at radius 3 is 1.55 bits per heavy atom. The summed E-state index contributed by atoms with van der Waals surface area (Å²) in [7, 11) is 0. The van der Waals surface area contributed by atoms with E-state index in [-0.39, 0.29) is 5.41 Å². The van der Waals surface area contributed by atoms with E-state index in [9.17, 15) is 0 Å². The summed E-state index contributed by atoms with van der Waals surface area (Å²) in [6.07, 6.45) is 0. The maximum atomic E-state index is 6.83. The lowest BCUT2D eigenvalue weighted by atomic mass is 9.66. The molecular formula is C58H41NO. The summed E-state index contributed by atoms with van der Waals surface area (Å²) in [5, 5.41) is 0. The Hall–Kier alpha value is -7.42. The molecule has 12 rings (SSSR count). The molecule has 2 nitrogen and oxygen atoms in total. The van der Waals surface area contributed by atoms with Gasteiger partial charge in [-0.1, -0.05) is 178 Å². The van der Waals surface area contributed by atoms with Crippen molar-refractivity contribution in [3.63, 3.8) is 0 Å². The highest BCUT2D eigenvalue weighted by Gasteiger charge is 2.51. The Morgan fingerprint density at radius 2 is 0.833 bits per heavy atom. The zero-order valence-corrected chi connectivity index (χ0v) is 33.6. The topological polar surface area (TPSA) is 12.5 Å². The Bertz CT molecular complexity index is 3110. The van der Waals surface area contributed by atoms with Gasteiger partial charge in [0, 0.05) is 33.5 Å². The molecule has 2 heteroatoms. The third-order valence-electron chi connectivity index (χ3n) is 13.4. The van der Waals surface area contributed by atoms with E-state index in [1.165, 1.54) is 61.2 Å². The average Bonchev–Trinajstić information content (AvgIpc) is 3.72. The van der Waals surface area contributed by atoms with Gasteiger partial charge in [-0.05, 0) is 110 Å². The van der Waals surface area contributed by atoms with Crippen LogP contribution in [0.25, 0.3) is 44.5 Å². The highest BCUT2D eigenvalue weighted by molar-refractivity contribution is 5.93. The van der Waals surface area contributed by atoms with E-state index < -0.39 is 5.41 Å². The third kappa shape index (κ3) is 4.88. The molecule has 0 bridgehead atoms. The van der Waals surface area contributed by atoms with Crippen molar-refractivity contribution < 1.29 is 4.74 Å². The van der Waals surface area contributed by atoms with Gasteiger partial charge in [-0.25, -0.2) is 0 Å². The number of anilines is 3. The maximum absolute atomic E-state index is 6.83. The number of benzene rings is 9. The quantitative estimate of drug-likeness (QED) is 0.173. The van der Waals surface area contributed by atoms with Crippen molar-refractivity contribution in [3.8, 4) is 56.0 Å². The number of ether oxygens (including phenoxy) is 1. The Morgan fingerprint density at radius 1 is 0.333 bits per heavy atom. The number of para-hydroxylation sites is 2. The summed E-state index contributed by atoms with van der Waals surface area (Å²) in [5.41, 5.74) is 20.1. The molecule has 0 saturated heterocycles. The predicted octanol–water partition coefficient (Wildman–Crippen LogP) is 15.3. The Labute approximate surface area is 351 Å². The highest BCUT2D eigenvalue weighted by atomic mass is 16.5. The maximum Gasteiger partial charge on any atom is 0.132 e. The zero-order valence-electron chi connectivity index (χ0n) is 33.6. The molecular weight excluding hydrogens is 727 g/mol. The molecule has 284 valence electrons. The molecule has 0 radical (unpaired) electrons. The third-order valence-corrected chi connectivity index (χ3v) is 13.4. The van der Waals surface area contributed by atoms with Crippen LogP contribution < -0.4 is 9.64 Å². The Kier molecular flexibility index (Phi) is 7.52. The van der Waals surface area contributed by atoms with E-state index >= 15 is 0 Å². The zero-order chi connectivity index (χ0) is 40.0. The average molecular weight is 768 g/mol. The second kappa shape index (κ2) is 13.0. The van der Waals surface area contributed by atoms with Crippen molar-refractivity contribution in [2.75, 3.05) is 4.90 Å². The van der Waals surface area contributed by atoms with Crippen molar-refractivity contribution >= 4 is 17.1 Å². The van der Waals surface area contributed by atoms with Gasteiger partial charge in [0.15, 0.2) is 0 Å². The van der Waals surface area contributed by atoms with E-state index in [2.05, 4.69) is 231 Å². The first kappa shape index (κ1) is 34.6. The lowest BCUT2D eigenvalue weighted by molar-refractivity contribution is 0.436. The molecule has 1 heterocycles. The van der Waals surface area contributed by atoms with Gasteiger partial charge in [0.05, 0.1) is 11.1 Å². The predicted molar refractivity (Wildman–Crippen MR) is 247 cm³/mol. The van der Waals surface area contributed by atoms with E-state index in [0.717, 1.165) is 45.3 Å². The monoisotopic (exact) mass is 767 g/mol. The van der Waals surface area contributed by atoms with Crippen LogP contribution in [0.3, 0.4) is 0 Å². The summed E-state index contributed by atoms with van der Waals surface area (Å²) in [6.45, 7) is 4.72. The molecule has 3 aliphatic rings. The van der Waals surface area contributed by atoms with Crippen LogP contribution in [0.4, 0.5) is 17.1 Å². The fourth-order valence-electron chi connectivity index (χ4n) is 10.6. The largest absolute Gasteiger partial charge is 0.457 e. The molecule has 9 aromatic rings. The smallest absolute Gasteiger partial charge is 0.132 e. The van der Waals surface area contributed by atoms with Crippen molar-refractivity contribution in [2.45, 2.75) is 24.7 Å². The van der Waals surface area contributed by atoms with Gasteiger partial charge in [-0.3, -0.25) is 0 Å². The number of hydrogen-bond donors (Lipinski definition) is 0. The van der Waals surface area contributed by atoms with Crippen LogP contribution in [0.15, 0.2) is 212 Å². The second-order valence-corrected chi connectivity index (χ2v) is 16.8. The molecule has 1 aliphatic heterocycles. The highest BCUT2D eigenvalue weighted by Crippen LogP contribution is 2.62. The van der Waals surface area contributed by atoms with Crippen LogP contribution in [0.5, 0.6) is 11.5 Å². The minimum absolute atomic E-state index is 0.138. The fourth-order valence-corrected chi connectivity index (χ4v) is 10.6. The fraction of sp³-hybridized carbons (Fsp3) is 0.0690. The summed E-state index contributed by atoms with van der Waals surface area (Å²) < 4.78 is 6.83. The molecule has 60 heavy (non-hydrogen) atoms. The normalized spacial score (nSPS) is 14.2. The first-order valence-corrected chi connectivity index (χ1v) is 20.9. The van der Waals surface area contributed by atoms with Crippen molar-refractivity contribution in [1.29, 1.82) is 0 Å². The minimum atomic E-state index is -0.546. The summed E-state index contributed by atoms with van der Waals surface area (Å²) in [6, 6.07) is 77.8. The van der Waals surface area contributed by atoms with Gasteiger partial charge >= 0.3 is 0 Å². The van der Waals surface area contributed by atoms with E-state index in [1.54, 1.807) is 0 Å². The number of rotatable bonds is 5. The standard InChI is InChI=1S/C58H41NO/c1-57(2)48-22-10-6-19-44(48)47-34-33-42(37-52(47)57)59(41-31-28-39(29-32-41)38-16-4-3-5-17-38)54-26-14-9-18-43(54)40-30-35-56-53(36-40)58(51-25-13-15-27-55(51)60-56)49-23-11-7-20-45(49)46-21-8-12-24-50(46)58/h3-37H,1-2H3. The van der Waals surface area contributed by atoms with Gasteiger partial charge < -0.3 is 9.64 Å². The van der Waals surface area contributed by atoms with Crippen molar-refractivity contribution in [1.82, 2.24) is 0 Å². The van der Waals surface area contributed by atoms with E-state index in [4.69, 9.17) is 4.74 Å². The van der Waals surface area contributed by atoms with Crippen LogP contribution in [-0.4, -0.2) is 0 Å². The lowest BCUT2D eigenvalue weighted by Crippen LogP contribution is -2.32. The molecule has 0 atom stereocenters. The molecule has 0 unspecified atom stereocenters. The van der Waals surface area contributed by atoms with Crippen LogP contribution in [0.1, 0.15) is 47.2 Å². The van der Waals surface area contributed by atoms with E-state index in [1.807, 2.05) is 0 Å². The van der Waals surface area contributed by atoms with Gasteiger partial charge in [0.1, 0.15) is 11.5 Å². The second-order valence-electron chi connectivity index (χ2n) is 16.8. The molecule has 9 aromatic carbocycles. The van der Waals surface area contributed by atoms with Gasteiger partial charge in [-0.2, -0.15) is 0 Å². The first-order chi connectivity index (χ1) is 29.5. The van der Waals surface area contributed by atoms with E-state index in [0.29, 0.717) is 0 Å². The molecule has 0 aromatic heterocycles. The SMILES string of the molecule is CC1(C)c2ccccc2-c2ccc(N(c3ccc(-c4ccccc4)cc3)c3ccccc3-c3ccc4c(c3)C3(c5ccccc5O4)c4ccccc4-c4ccccc43)cc21. The van der Waals surface area contributed by atoms with Gasteiger partial charge in [0.25, 0.3) is 0 Å². The molecule has 0 N–H and O–H groups in total. The van der Waals surface area contributed by atoms with Crippen molar-refractivity contribution in [3.05, 3.63) is 246 Å². The van der Waals surface area contributed by atoms with Gasteiger partial charge in [-0.15, -0.1) is 0 Å².